The summed E-state index contributed by atoms with van der Waals surface area (Å²) in [6.07, 6.45) is -17.8. The van der Waals surface area contributed by atoms with Gasteiger partial charge in [0.2, 0.25) is 0 Å². The zero-order valence-corrected chi connectivity index (χ0v) is 17.8. The van der Waals surface area contributed by atoms with Gasteiger partial charge in [-0.1, -0.05) is 6.08 Å². The average Bonchev–Trinajstić information content (AvgIpc) is 2.79. The van der Waals surface area contributed by atoms with Gasteiger partial charge < -0.3 is 65.3 Å². The third-order valence-corrected chi connectivity index (χ3v) is 6.32. The Bertz CT molecular complexity index is 680. The highest BCUT2D eigenvalue weighted by molar-refractivity contribution is 5.23. The van der Waals surface area contributed by atoms with Crippen molar-refractivity contribution in [3.8, 4) is 0 Å². The molecule has 0 aromatic rings. The Labute approximate surface area is 188 Å². The lowest BCUT2D eigenvalue weighted by Crippen LogP contribution is -2.66. The molecule has 14 nitrogen and oxygen atoms in total. The van der Waals surface area contributed by atoms with Gasteiger partial charge in [-0.25, -0.2) is 0 Å². The number of nitrogens with one attached hydrogen (secondary N) is 1. The maximum Gasteiger partial charge on any atom is 0.183 e. The molecule has 0 unspecified atom stereocenters. The minimum absolute atomic E-state index is 0.0786. The minimum atomic E-state index is -1.68. The Hall–Kier alpha value is -0.820. The van der Waals surface area contributed by atoms with E-state index in [1.165, 1.54) is 13.0 Å². The number of aliphatic hydroxyl groups excluding tert-OH is 10. The molecule has 11 N–H and O–H groups in total. The van der Waals surface area contributed by atoms with Crippen molar-refractivity contribution in [3.05, 3.63) is 11.6 Å². The first-order valence-electron chi connectivity index (χ1n) is 10.6. The van der Waals surface area contributed by atoms with Gasteiger partial charge >= 0.3 is 0 Å². The highest BCUT2D eigenvalue weighted by Gasteiger charge is 2.49. The van der Waals surface area contributed by atoms with Gasteiger partial charge in [0.25, 0.3) is 0 Å². The second-order valence-corrected chi connectivity index (χ2v) is 8.56. The lowest BCUT2D eigenvalue weighted by Gasteiger charge is -2.45. The molecule has 0 radical (unpaired) electrons. The van der Waals surface area contributed by atoms with Gasteiger partial charge in [0.1, 0.15) is 67.3 Å². The van der Waals surface area contributed by atoms with Gasteiger partial charge in [-0.05, 0) is 12.5 Å². The smallest absolute Gasteiger partial charge is 0.183 e. The predicted molar refractivity (Wildman–Crippen MR) is 105 cm³/mol. The van der Waals surface area contributed by atoms with Crippen LogP contribution in [0, 0.1) is 0 Å². The Morgan fingerprint density at radius 2 is 1.48 bits per heavy atom. The van der Waals surface area contributed by atoms with Crippen molar-refractivity contribution in [3.63, 3.8) is 0 Å². The van der Waals surface area contributed by atoms with Gasteiger partial charge in [0.15, 0.2) is 6.29 Å². The fourth-order valence-corrected chi connectivity index (χ4v) is 4.30. The number of rotatable bonds is 6. The zero-order valence-electron chi connectivity index (χ0n) is 17.8. The van der Waals surface area contributed by atoms with Gasteiger partial charge in [-0.2, -0.15) is 0 Å². The molecule has 3 rings (SSSR count). The summed E-state index contributed by atoms with van der Waals surface area (Å²) in [6, 6.07) is -1.12. The summed E-state index contributed by atoms with van der Waals surface area (Å²) in [4.78, 5) is 0. The molecular formula is C19H33NO13. The van der Waals surface area contributed by atoms with E-state index in [0.29, 0.717) is 0 Å². The van der Waals surface area contributed by atoms with Gasteiger partial charge in [0, 0.05) is 0 Å². The summed E-state index contributed by atoms with van der Waals surface area (Å²) < 4.78 is 16.1. The predicted octanol–water partition coefficient (Wildman–Crippen LogP) is -6.39. The zero-order chi connectivity index (χ0) is 24.6. The number of aliphatic hydroxyl groups is 10. The van der Waals surface area contributed by atoms with E-state index in [0.717, 1.165) is 0 Å². The summed E-state index contributed by atoms with van der Waals surface area (Å²) >= 11 is 0. The van der Waals surface area contributed by atoms with E-state index in [1.807, 2.05) is 0 Å². The minimum Gasteiger partial charge on any atom is -0.394 e. The van der Waals surface area contributed by atoms with Crippen molar-refractivity contribution < 1.29 is 65.3 Å². The maximum absolute atomic E-state index is 10.7. The van der Waals surface area contributed by atoms with Crippen LogP contribution in [0.1, 0.15) is 6.92 Å². The van der Waals surface area contributed by atoms with Gasteiger partial charge in [-0.15, -0.1) is 0 Å². The highest BCUT2D eigenvalue weighted by atomic mass is 16.6. The van der Waals surface area contributed by atoms with Crippen LogP contribution >= 0.6 is 0 Å². The van der Waals surface area contributed by atoms with Crippen LogP contribution in [-0.4, -0.2) is 150 Å². The third kappa shape index (κ3) is 5.24. The average molecular weight is 483 g/mol. The molecule has 2 fully saturated rings. The van der Waals surface area contributed by atoms with E-state index in [9.17, 15) is 51.1 Å². The molecule has 0 amide bonds. The molecule has 0 bridgehead atoms. The van der Waals surface area contributed by atoms with Crippen molar-refractivity contribution in [2.45, 2.75) is 92.6 Å². The monoisotopic (exact) mass is 483 g/mol. The van der Waals surface area contributed by atoms with E-state index in [1.54, 1.807) is 0 Å². The second kappa shape index (κ2) is 10.8. The molecule has 0 aromatic carbocycles. The van der Waals surface area contributed by atoms with Gasteiger partial charge in [-0.3, -0.25) is 5.32 Å². The topological polar surface area (TPSA) is 242 Å². The van der Waals surface area contributed by atoms with Crippen molar-refractivity contribution in [2.24, 2.45) is 0 Å². The molecular weight excluding hydrogens is 450 g/mol. The molecule has 192 valence electrons. The summed E-state index contributed by atoms with van der Waals surface area (Å²) in [7, 11) is 0. The molecule has 14 heteroatoms. The van der Waals surface area contributed by atoms with E-state index >= 15 is 0 Å². The summed E-state index contributed by atoms with van der Waals surface area (Å²) in [5, 5.41) is 103. The molecule has 33 heavy (non-hydrogen) atoms. The highest BCUT2D eigenvalue weighted by Crippen LogP contribution is 2.30. The summed E-state index contributed by atoms with van der Waals surface area (Å²) in [6.45, 7) is 0.169. The lowest BCUT2D eigenvalue weighted by atomic mass is 9.87. The molecule has 2 aliphatic heterocycles. The van der Waals surface area contributed by atoms with Crippen LogP contribution in [0.25, 0.3) is 0 Å². The number of hydrogen-bond acceptors (Lipinski definition) is 14. The Morgan fingerprint density at radius 3 is 2.09 bits per heavy atom. The number of hydrogen-bond donors (Lipinski definition) is 11. The Kier molecular flexibility index (Phi) is 8.80. The van der Waals surface area contributed by atoms with Crippen LogP contribution in [0.5, 0.6) is 0 Å². The van der Waals surface area contributed by atoms with E-state index in [2.05, 4.69) is 5.32 Å². The molecule has 14 atom stereocenters. The molecule has 2 heterocycles. The lowest BCUT2D eigenvalue weighted by molar-refractivity contribution is -0.295. The van der Waals surface area contributed by atoms with Crippen LogP contribution in [0.2, 0.25) is 0 Å². The first-order valence-corrected chi connectivity index (χ1v) is 10.6. The SMILES string of the molecule is C[C@H]1O[C@H](O)[C@H](O)[C@@H](O)[C@@H]1O[C@@H]1C(CO)=C[C@H](N[C@@H]2O[C@H](CO)[C@@H](O)[C@H](O)[C@H]2O)[C@H](O)[C@H]1O. The van der Waals surface area contributed by atoms with Crippen LogP contribution in [0.3, 0.4) is 0 Å². The molecule has 0 aromatic heterocycles. The quantitative estimate of drug-likeness (QED) is 0.157. The van der Waals surface area contributed by atoms with E-state index in [4.69, 9.17) is 14.2 Å². The fourth-order valence-electron chi connectivity index (χ4n) is 4.30. The van der Waals surface area contributed by atoms with Crippen molar-refractivity contribution >= 4 is 0 Å². The normalized spacial score (nSPS) is 51.3. The van der Waals surface area contributed by atoms with E-state index in [-0.39, 0.29) is 5.57 Å². The molecule has 0 saturated carbocycles. The molecule has 2 saturated heterocycles. The standard InChI is InChI=1S/C19H33NO13/c1-5-16(13(27)15(29)19(30)31-5)33-17-6(3-21)2-7(9(23)12(17)26)20-18-14(28)11(25)10(24)8(4-22)32-18/h2,5,7-30H,3-4H2,1H3/t5-,7+,8-,9+,10-,11+,12-,13-,14-,15-,16-,17-,18-,19+/m1/s1. The largest absolute Gasteiger partial charge is 0.394 e. The Balaban J connectivity index is 1.76. The van der Waals surface area contributed by atoms with Crippen molar-refractivity contribution in [2.75, 3.05) is 13.2 Å². The second-order valence-electron chi connectivity index (χ2n) is 8.56. The van der Waals surface area contributed by atoms with Crippen LogP contribution in [-0.2, 0) is 14.2 Å². The first kappa shape index (κ1) is 26.8. The molecule has 1 aliphatic carbocycles. The summed E-state index contributed by atoms with van der Waals surface area (Å²) in [5.74, 6) is 0. The number of ether oxygens (including phenoxy) is 3. The third-order valence-electron chi connectivity index (χ3n) is 6.32. The Morgan fingerprint density at radius 1 is 0.818 bits per heavy atom. The molecule has 3 aliphatic rings. The fraction of sp³-hybridized carbons (Fsp3) is 0.895. The summed E-state index contributed by atoms with van der Waals surface area (Å²) in [5.41, 5.74) is 0.0786. The van der Waals surface area contributed by atoms with Crippen LogP contribution in [0.4, 0.5) is 0 Å². The van der Waals surface area contributed by atoms with Gasteiger partial charge in [0.05, 0.1) is 25.4 Å². The van der Waals surface area contributed by atoms with Crippen LogP contribution in [0.15, 0.2) is 11.6 Å². The van der Waals surface area contributed by atoms with Crippen LogP contribution < -0.4 is 5.32 Å². The first-order chi connectivity index (χ1) is 15.5. The van der Waals surface area contributed by atoms with Crippen molar-refractivity contribution in [1.82, 2.24) is 5.32 Å². The maximum atomic E-state index is 10.7. The molecule has 0 spiro atoms. The van der Waals surface area contributed by atoms with Crippen molar-refractivity contribution in [1.29, 1.82) is 0 Å². The van der Waals surface area contributed by atoms with E-state index < -0.39 is 98.9 Å².